The van der Waals surface area contributed by atoms with Gasteiger partial charge in [0.15, 0.2) is 0 Å². The maximum atomic E-state index is 11.9. The summed E-state index contributed by atoms with van der Waals surface area (Å²) < 4.78 is 11.9. The molecule has 2 atom stereocenters. The minimum absolute atomic E-state index is 0.251. The zero-order valence-electron chi connectivity index (χ0n) is 8.02. The molecule has 3 heteroatoms. The van der Waals surface area contributed by atoms with Crippen LogP contribution in [-0.4, -0.2) is 44.3 Å². The van der Waals surface area contributed by atoms with E-state index < -0.39 is 0 Å². The van der Waals surface area contributed by atoms with Crippen LogP contribution < -0.4 is 5.32 Å². The molecule has 1 heterocycles. The summed E-state index contributed by atoms with van der Waals surface area (Å²) in [5, 5.41) is 3.24. The van der Waals surface area contributed by atoms with Crippen molar-refractivity contribution in [3.63, 3.8) is 0 Å². The molecule has 0 bridgehead atoms. The second kappa shape index (κ2) is 4.77. The van der Waals surface area contributed by atoms with Crippen LogP contribution in [0.3, 0.4) is 0 Å². The lowest BCUT2D eigenvalue weighted by molar-refractivity contribution is 0.173. The highest BCUT2D eigenvalue weighted by molar-refractivity contribution is 4.81. The third-order valence-corrected chi connectivity index (χ3v) is 2.61. The SMILES string of the molecule is CC1CN(C)CCC1NCCF. The standard InChI is InChI=1S/C9H19FN2/c1-8-7-12(2)6-3-9(8)11-5-4-10/h8-9,11H,3-7H2,1-2H3. The third-order valence-electron chi connectivity index (χ3n) is 2.61. The number of hydrogen-bond acceptors (Lipinski definition) is 2. The zero-order valence-corrected chi connectivity index (χ0v) is 8.02. The van der Waals surface area contributed by atoms with E-state index in [1.54, 1.807) is 0 Å². The number of alkyl halides is 1. The van der Waals surface area contributed by atoms with Crippen LogP contribution in [0, 0.1) is 5.92 Å². The topological polar surface area (TPSA) is 15.3 Å². The van der Waals surface area contributed by atoms with Crippen LogP contribution in [0.1, 0.15) is 13.3 Å². The number of halogens is 1. The fourth-order valence-electron chi connectivity index (χ4n) is 1.90. The summed E-state index contributed by atoms with van der Waals surface area (Å²) in [4.78, 5) is 2.33. The molecule has 72 valence electrons. The molecule has 0 aliphatic carbocycles. The number of likely N-dealkylation sites (tertiary alicyclic amines) is 1. The van der Waals surface area contributed by atoms with E-state index in [1.807, 2.05) is 0 Å². The summed E-state index contributed by atoms with van der Waals surface area (Å²) in [5.41, 5.74) is 0. The number of nitrogens with zero attached hydrogens (tertiary/aromatic N) is 1. The molecule has 0 aromatic heterocycles. The molecule has 2 nitrogen and oxygen atoms in total. The van der Waals surface area contributed by atoms with E-state index in [2.05, 4.69) is 24.2 Å². The first-order chi connectivity index (χ1) is 5.74. The normalized spacial score (nSPS) is 32.2. The van der Waals surface area contributed by atoms with Crippen molar-refractivity contribution in [2.24, 2.45) is 5.92 Å². The summed E-state index contributed by atoms with van der Waals surface area (Å²) in [6.07, 6.45) is 1.15. The van der Waals surface area contributed by atoms with E-state index in [-0.39, 0.29) is 6.67 Å². The van der Waals surface area contributed by atoms with Crippen LogP contribution in [0.25, 0.3) is 0 Å². The largest absolute Gasteiger partial charge is 0.311 e. The Morgan fingerprint density at radius 1 is 1.58 bits per heavy atom. The van der Waals surface area contributed by atoms with Gasteiger partial charge in [-0.1, -0.05) is 6.92 Å². The Hall–Kier alpha value is -0.150. The third kappa shape index (κ3) is 2.72. The maximum Gasteiger partial charge on any atom is 0.102 e. The molecule has 1 rings (SSSR count). The molecule has 0 radical (unpaired) electrons. The van der Waals surface area contributed by atoms with Crippen molar-refractivity contribution < 1.29 is 4.39 Å². The van der Waals surface area contributed by atoms with Crippen molar-refractivity contribution in [1.82, 2.24) is 10.2 Å². The second-order valence-corrected chi connectivity index (χ2v) is 3.78. The Labute approximate surface area is 74.1 Å². The van der Waals surface area contributed by atoms with Gasteiger partial charge < -0.3 is 10.2 Å². The van der Waals surface area contributed by atoms with Gasteiger partial charge in [0.05, 0.1) is 0 Å². The lowest BCUT2D eigenvalue weighted by Crippen LogP contribution is -2.47. The van der Waals surface area contributed by atoms with E-state index in [4.69, 9.17) is 0 Å². The van der Waals surface area contributed by atoms with E-state index in [1.165, 1.54) is 0 Å². The lowest BCUT2D eigenvalue weighted by Gasteiger charge is -2.35. The van der Waals surface area contributed by atoms with Gasteiger partial charge in [-0.2, -0.15) is 0 Å². The number of rotatable bonds is 3. The van der Waals surface area contributed by atoms with Crippen molar-refractivity contribution in [3.8, 4) is 0 Å². The smallest absolute Gasteiger partial charge is 0.102 e. The summed E-state index contributed by atoms with van der Waals surface area (Å²) >= 11 is 0. The van der Waals surface area contributed by atoms with Gasteiger partial charge in [0, 0.05) is 19.1 Å². The van der Waals surface area contributed by atoms with Crippen molar-refractivity contribution in [1.29, 1.82) is 0 Å². The number of hydrogen-bond donors (Lipinski definition) is 1. The van der Waals surface area contributed by atoms with Gasteiger partial charge in [0.25, 0.3) is 0 Å². The number of nitrogens with one attached hydrogen (secondary N) is 1. The van der Waals surface area contributed by atoms with E-state index in [0.29, 0.717) is 18.5 Å². The molecular weight excluding hydrogens is 155 g/mol. The zero-order chi connectivity index (χ0) is 8.97. The molecule has 0 saturated carbocycles. The van der Waals surface area contributed by atoms with Crippen molar-refractivity contribution in [2.45, 2.75) is 19.4 Å². The van der Waals surface area contributed by atoms with Crippen LogP contribution in [0.15, 0.2) is 0 Å². The molecule has 1 fully saturated rings. The van der Waals surface area contributed by atoms with Gasteiger partial charge >= 0.3 is 0 Å². The average Bonchev–Trinajstić information content (AvgIpc) is 2.03. The number of piperidine rings is 1. The van der Waals surface area contributed by atoms with Gasteiger partial charge in [0.1, 0.15) is 6.67 Å². The summed E-state index contributed by atoms with van der Waals surface area (Å²) in [6.45, 7) is 4.75. The molecule has 1 N–H and O–H groups in total. The Morgan fingerprint density at radius 2 is 2.33 bits per heavy atom. The van der Waals surface area contributed by atoms with Crippen molar-refractivity contribution >= 4 is 0 Å². The van der Waals surface area contributed by atoms with Gasteiger partial charge in [-0.3, -0.25) is 0 Å². The Bertz CT molecular complexity index is 128. The second-order valence-electron chi connectivity index (χ2n) is 3.78. The molecule has 1 aliphatic rings. The summed E-state index contributed by atoms with van der Waals surface area (Å²) in [7, 11) is 2.14. The van der Waals surface area contributed by atoms with Gasteiger partial charge in [0.2, 0.25) is 0 Å². The van der Waals surface area contributed by atoms with Gasteiger partial charge in [-0.15, -0.1) is 0 Å². The highest BCUT2D eigenvalue weighted by atomic mass is 19.1. The predicted molar refractivity (Wildman–Crippen MR) is 49.0 cm³/mol. The molecule has 0 aromatic rings. The van der Waals surface area contributed by atoms with Crippen molar-refractivity contribution in [2.75, 3.05) is 33.4 Å². The molecule has 0 spiro atoms. The monoisotopic (exact) mass is 174 g/mol. The van der Waals surface area contributed by atoms with Gasteiger partial charge in [-0.05, 0) is 25.9 Å². The highest BCUT2D eigenvalue weighted by Gasteiger charge is 2.22. The predicted octanol–water partition coefficient (Wildman–Crippen LogP) is 0.886. The first-order valence-electron chi connectivity index (χ1n) is 4.72. The highest BCUT2D eigenvalue weighted by Crippen LogP contribution is 2.14. The van der Waals surface area contributed by atoms with Gasteiger partial charge in [-0.25, -0.2) is 4.39 Å². The molecular formula is C9H19FN2. The minimum Gasteiger partial charge on any atom is -0.311 e. The Balaban J connectivity index is 2.25. The minimum atomic E-state index is -0.251. The Morgan fingerprint density at radius 3 is 2.92 bits per heavy atom. The van der Waals surface area contributed by atoms with Crippen LogP contribution >= 0.6 is 0 Å². The fourth-order valence-corrected chi connectivity index (χ4v) is 1.90. The molecule has 12 heavy (non-hydrogen) atoms. The summed E-state index contributed by atoms with van der Waals surface area (Å²) in [6, 6.07) is 0.525. The lowest BCUT2D eigenvalue weighted by atomic mass is 9.94. The van der Waals surface area contributed by atoms with E-state index >= 15 is 0 Å². The molecule has 2 unspecified atom stereocenters. The van der Waals surface area contributed by atoms with Crippen molar-refractivity contribution in [3.05, 3.63) is 0 Å². The van der Waals surface area contributed by atoms with Crippen LogP contribution in [0.2, 0.25) is 0 Å². The first kappa shape index (κ1) is 9.93. The molecule has 1 aliphatic heterocycles. The first-order valence-corrected chi connectivity index (χ1v) is 4.72. The molecule has 1 saturated heterocycles. The molecule has 0 aromatic carbocycles. The van der Waals surface area contributed by atoms with Crippen LogP contribution in [-0.2, 0) is 0 Å². The van der Waals surface area contributed by atoms with E-state index in [9.17, 15) is 4.39 Å². The summed E-state index contributed by atoms with van der Waals surface area (Å²) in [5.74, 6) is 0.648. The van der Waals surface area contributed by atoms with Crippen LogP contribution in [0.5, 0.6) is 0 Å². The quantitative estimate of drug-likeness (QED) is 0.683. The fraction of sp³-hybridized carbons (Fsp3) is 1.00. The van der Waals surface area contributed by atoms with Crippen LogP contribution in [0.4, 0.5) is 4.39 Å². The molecule has 0 amide bonds. The maximum absolute atomic E-state index is 11.9. The van der Waals surface area contributed by atoms with E-state index in [0.717, 1.165) is 19.5 Å². The Kier molecular flexibility index (Phi) is 3.95. The average molecular weight is 174 g/mol.